The Hall–Kier alpha value is -2.38. The van der Waals surface area contributed by atoms with Crippen molar-refractivity contribution >= 4 is 32.6 Å². The standard InChI is InChI=1S/C19H20BrN3O3/c1-12(24)18(23-10-17(19(21)25)22-11-23)6-7-26-16-5-3-13-8-15(20)4-2-14(13)9-16/h2-5,8-12,18,24H,6-7H2,1H3,(H2,21,25)/t12-,18+/m0/s1. The van der Waals surface area contributed by atoms with Crippen molar-refractivity contribution in [3.8, 4) is 5.75 Å². The maximum atomic E-state index is 11.2. The summed E-state index contributed by atoms with van der Waals surface area (Å²) in [5.41, 5.74) is 5.41. The molecular weight excluding hydrogens is 398 g/mol. The highest BCUT2D eigenvalue weighted by atomic mass is 79.9. The molecule has 3 rings (SSSR count). The lowest BCUT2D eigenvalue weighted by molar-refractivity contribution is 0.0993. The molecule has 0 saturated carbocycles. The lowest BCUT2D eigenvalue weighted by Gasteiger charge is -2.21. The number of benzene rings is 2. The Bertz CT molecular complexity index is 923. The summed E-state index contributed by atoms with van der Waals surface area (Å²) < 4.78 is 8.59. The molecule has 3 N–H and O–H groups in total. The van der Waals surface area contributed by atoms with Crippen LogP contribution in [0.4, 0.5) is 0 Å². The summed E-state index contributed by atoms with van der Waals surface area (Å²) in [5.74, 6) is 0.180. The second-order valence-electron chi connectivity index (χ2n) is 6.17. The largest absolute Gasteiger partial charge is 0.493 e. The van der Waals surface area contributed by atoms with Crippen LogP contribution in [0.1, 0.15) is 29.9 Å². The van der Waals surface area contributed by atoms with Gasteiger partial charge in [-0.3, -0.25) is 4.79 Å². The monoisotopic (exact) mass is 417 g/mol. The second-order valence-corrected chi connectivity index (χ2v) is 7.08. The van der Waals surface area contributed by atoms with Crippen LogP contribution in [0.15, 0.2) is 53.4 Å². The Morgan fingerprint density at radius 3 is 2.73 bits per heavy atom. The zero-order valence-electron chi connectivity index (χ0n) is 14.3. The zero-order chi connectivity index (χ0) is 18.7. The van der Waals surface area contributed by atoms with Crippen molar-refractivity contribution in [3.63, 3.8) is 0 Å². The Balaban J connectivity index is 1.66. The van der Waals surface area contributed by atoms with Crippen molar-refractivity contribution in [2.24, 2.45) is 5.73 Å². The average molecular weight is 418 g/mol. The fraction of sp³-hybridized carbons (Fsp3) is 0.263. The van der Waals surface area contributed by atoms with Gasteiger partial charge in [0.1, 0.15) is 11.4 Å². The normalized spacial score (nSPS) is 13.5. The molecule has 0 aliphatic rings. The van der Waals surface area contributed by atoms with Crippen molar-refractivity contribution in [1.82, 2.24) is 9.55 Å². The van der Waals surface area contributed by atoms with E-state index in [9.17, 15) is 9.90 Å². The van der Waals surface area contributed by atoms with E-state index in [1.165, 1.54) is 6.33 Å². The minimum absolute atomic E-state index is 0.178. The number of fused-ring (bicyclic) bond motifs is 1. The van der Waals surface area contributed by atoms with Crippen molar-refractivity contribution in [3.05, 3.63) is 59.1 Å². The number of hydrogen-bond donors (Lipinski definition) is 2. The van der Waals surface area contributed by atoms with E-state index in [1.807, 2.05) is 30.3 Å². The van der Waals surface area contributed by atoms with Crippen LogP contribution < -0.4 is 10.5 Å². The Morgan fingerprint density at radius 2 is 2.04 bits per heavy atom. The molecule has 0 radical (unpaired) electrons. The number of primary amides is 1. The van der Waals surface area contributed by atoms with Gasteiger partial charge in [-0.05, 0) is 42.0 Å². The number of aliphatic hydroxyl groups is 1. The highest BCUT2D eigenvalue weighted by molar-refractivity contribution is 9.10. The van der Waals surface area contributed by atoms with Crippen molar-refractivity contribution in [2.45, 2.75) is 25.5 Å². The van der Waals surface area contributed by atoms with Gasteiger partial charge in [-0.2, -0.15) is 0 Å². The maximum Gasteiger partial charge on any atom is 0.268 e. The third kappa shape index (κ3) is 4.23. The van der Waals surface area contributed by atoms with Crippen LogP contribution >= 0.6 is 15.9 Å². The molecule has 1 amide bonds. The smallest absolute Gasteiger partial charge is 0.268 e. The first-order valence-electron chi connectivity index (χ1n) is 8.27. The van der Waals surface area contributed by atoms with Crippen LogP contribution in [0.5, 0.6) is 5.75 Å². The highest BCUT2D eigenvalue weighted by Gasteiger charge is 2.18. The van der Waals surface area contributed by atoms with E-state index < -0.39 is 12.0 Å². The lowest BCUT2D eigenvalue weighted by atomic mass is 10.1. The third-order valence-electron chi connectivity index (χ3n) is 4.25. The van der Waals surface area contributed by atoms with E-state index in [4.69, 9.17) is 10.5 Å². The molecule has 7 heteroatoms. The molecule has 0 spiro atoms. The SMILES string of the molecule is C[C@H](O)[C@@H](CCOc1ccc2cc(Br)ccc2c1)n1cnc(C(N)=O)c1. The summed E-state index contributed by atoms with van der Waals surface area (Å²) in [6.07, 6.45) is 2.99. The number of amides is 1. The average Bonchev–Trinajstić information content (AvgIpc) is 3.08. The molecule has 136 valence electrons. The van der Waals surface area contributed by atoms with Crippen LogP contribution in [0, 0.1) is 0 Å². The molecule has 6 nitrogen and oxygen atoms in total. The number of aromatic nitrogens is 2. The number of imidazole rings is 1. The fourth-order valence-corrected chi connectivity index (χ4v) is 3.25. The predicted octanol–water partition coefficient (Wildman–Crippen LogP) is 3.29. The van der Waals surface area contributed by atoms with E-state index >= 15 is 0 Å². The fourth-order valence-electron chi connectivity index (χ4n) is 2.87. The first-order chi connectivity index (χ1) is 12.4. The summed E-state index contributed by atoms with van der Waals surface area (Å²) in [4.78, 5) is 15.1. The summed E-state index contributed by atoms with van der Waals surface area (Å²) in [5, 5.41) is 12.3. The van der Waals surface area contributed by atoms with Crippen LogP contribution in [-0.4, -0.2) is 33.3 Å². The molecule has 1 aromatic heterocycles. The van der Waals surface area contributed by atoms with Gasteiger partial charge in [-0.25, -0.2) is 4.98 Å². The van der Waals surface area contributed by atoms with Gasteiger partial charge in [0.05, 0.1) is 25.1 Å². The van der Waals surface area contributed by atoms with Gasteiger partial charge in [0.2, 0.25) is 0 Å². The highest BCUT2D eigenvalue weighted by Crippen LogP contribution is 2.25. The van der Waals surface area contributed by atoms with Crippen LogP contribution in [0.2, 0.25) is 0 Å². The first kappa shape index (κ1) is 18.4. The van der Waals surface area contributed by atoms with Crippen LogP contribution in [0.25, 0.3) is 10.8 Å². The molecule has 0 aliphatic heterocycles. The molecule has 26 heavy (non-hydrogen) atoms. The number of nitrogens with zero attached hydrogens (tertiary/aromatic N) is 2. The summed E-state index contributed by atoms with van der Waals surface area (Å²) >= 11 is 3.46. The third-order valence-corrected chi connectivity index (χ3v) is 4.74. The maximum absolute atomic E-state index is 11.2. The molecule has 0 unspecified atom stereocenters. The zero-order valence-corrected chi connectivity index (χ0v) is 15.9. The molecule has 2 aromatic carbocycles. The van der Waals surface area contributed by atoms with E-state index in [-0.39, 0.29) is 11.7 Å². The summed E-state index contributed by atoms with van der Waals surface area (Å²) in [7, 11) is 0. The molecular formula is C19H20BrN3O3. The van der Waals surface area contributed by atoms with E-state index in [0.29, 0.717) is 13.0 Å². The molecule has 2 atom stereocenters. The van der Waals surface area contributed by atoms with Gasteiger partial charge < -0.3 is 20.1 Å². The number of carbonyl (C=O) groups is 1. The summed E-state index contributed by atoms with van der Waals surface area (Å²) in [6, 6.07) is 11.7. The van der Waals surface area contributed by atoms with Gasteiger partial charge in [-0.15, -0.1) is 0 Å². The van der Waals surface area contributed by atoms with Crippen LogP contribution in [-0.2, 0) is 0 Å². The number of nitrogens with two attached hydrogens (primary N) is 1. The molecule has 0 fully saturated rings. The Kier molecular flexibility index (Phi) is 5.58. The van der Waals surface area contributed by atoms with E-state index in [1.54, 1.807) is 17.7 Å². The number of halogens is 1. The molecule has 1 heterocycles. The van der Waals surface area contributed by atoms with Gasteiger partial charge in [0.15, 0.2) is 0 Å². The number of hydrogen-bond acceptors (Lipinski definition) is 4. The van der Waals surface area contributed by atoms with Crippen molar-refractivity contribution in [1.29, 1.82) is 0 Å². The topological polar surface area (TPSA) is 90.4 Å². The summed E-state index contributed by atoms with van der Waals surface area (Å²) in [6.45, 7) is 2.12. The van der Waals surface area contributed by atoms with Crippen LogP contribution in [0.3, 0.4) is 0 Å². The van der Waals surface area contributed by atoms with Gasteiger partial charge in [-0.1, -0.05) is 28.1 Å². The minimum atomic E-state index is -0.623. The first-order valence-corrected chi connectivity index (χ1v) is 9.07. The van der Waals surface area contributed by atoms with Gasteiger partial charge >= 0.3 is 0 Å². The number of aliphatic hydroxyl groups excluding tert-OH is 1. The predicted molar refractivity (Wildman–Crippen MR) is 103 cm³/mol. The van der Waals surface area contributed by atoms with Crippen molar-refractivity contribution in [2.75, 3.05) is 6.61 Å². The van der Waals surface area contributed by atoms with Crippen molar-refractivity contribution < 1.29 is 14.6 Å². The lowest BCUT2D eigenvalue weighted by Crippen LogP contribution is -2.23. The van der Waals surface area contributed by atoms with Gasteiger partial charge in [0, 0.05) is 17.1 Å². The number of carbonyl (C=O) groups excluding carboxylic acids is 1. The number of ether oxygens (including phenoxy) is 1. The molecule has 3 aromatic rings. The minimum Gasteiger partial charge on any atom is -0.493 e. The van der Waals surface area contributed by atoms with Gasteiger partial charge in [0.25, 0.3) is 5.91 Å². The molecule has 0 aliphatic carbocycles. The molecule has 0 bridgehead atoms. The van der Waals surface area contributed by atoms with E-state index in [0.717, 1.165) is 21.0 Å². The second kappa shape index (κ2) is 7.88. The Morgan fingerprint density at radius 1 is 1.31 bits per heavy atom. The van der Waals surface area contributed by atoms with E-state index in [2.05, 4.69) is 27.0 Å². The molecule has 0 saturated heterocycles. The Labute approximate surface area is 159 Å². The number of rotatable bonds is 7. The quantitative estimate of drug-likeness (QED) is 0.616.